The van der Waals surface area contributed by atoms with Crippen LogP contribution in [0.2, 0.25) is 0 Å². The molecule has 0 aliphatic heterocycles. The molecule has 1 N–H and O–H groups in total. The van der Waals surface area contributed by atoms with Crippen LogP contribution in [0, 0.1) is 0 Å². The predicted octanol–water partition coefficient (Wildman–Crippen LogP) is 3.26. The molecule has 2 rings (SSSR count). The molecule has 0 saturated heterocycles. The molecule has 0 unspecified atom stereocenters. The van der Waals surface area contributed by atoms with Crippen LogP contribution >= 0.6 is 0 Å². The van der Waals surface area contributed by atoms with Gasteiger partial charge in [0, 0.05) is 24.6 Å². The third kappa shape index (κ3) is 2.83. The van der Waals surface area contributed by atoms with Crippen molar-refractivity contribution in [2.45, 2.75) is 19.9 Å². The highest BCUT2D eigenvalue weighted by atomic mass is 14.9. The first-order valence-electron chi connectivity index (χ1n) is 5.60. The molecule has 0 atom stereocenters. The molecule has 2 nitrogen and oxygen atoms in total. The topological polar surface area (TPSA) is 24.9 Å². The van der Waals surface area contributed by atoms with Crippen LogP contribution in [0.1, 0.15) is 18.1 Å². The zero-order valence-electron chi connectivity index (χ0n) is 9.48. The highest BCUT2D eigenvalue weighted by Gasteiger charge is 1.93. The van der Waals surface area contributed by atoms with Crippen molar-refractivity contribution in [1.29, 1.82) is 0 Å². The first-order valence-corrected chi connectivity index (χ1v) is 5.60. The normalized spacial score (nSPS) is 10.1. The van der Waals surface area contributed by atoms with Crippen LogP contribution in [0.25, 0.3) is 0 Å². The van der Waals surface area contributed by atoms with E-state index in [9.17, 15) is 0 Å². The summed E-state index contributed by atoms with van der Waals surface area (Å²) in [5.41, 5.74) is 3.78. The number of aryl methyl sites for hydroxylation is 1. The highest BCUT2D eigenvalue weighted by molar-refractivity contribution is 5.45. The number of benzene rings is 1. The molecule has 0 amide bonds. The Balaban J connectivity index is 1.94. The van der Waals surface area contributed by atoms with Crippen LogP contribution in [-0.2, 0) is 13.0 Å². The molecule has 82 valence electrons. The molecule has 0 bridgehead atoms. The fraction of sp³-hybridized carbons (Fsp3) is 0.214. The molecular formula is C14H16N2. The van der Waals surface area contributed by atoms with Gasteiger partial charge in [-0.15, -0.1) is 0 Å². The summed E-state index contributed by atoms with van der Waals surface area (Å²) in [5.74, 6) is 0. The molecule has 1 heterocycles. The molecule has 1 aromatic carbocycles. The molecule has 0 spiro atoms. The quantitative estimate of drug-likeness (QED) is 0.841. The SMILES string of the molecule is CCc1ccc(NCc2ccncc2)cc1. The number of pyridine rings is 1. The maximum atomic E-state index is 4.00. The van der Waals surface area contributed by atoms with Crippen LogP contribution in [0.4, 0.5) is 5.69 Å². The van der Waals surface area contributed by atoms with E-state index in [1.165, 1.54) is 11.1 Å². The van der Waals surface area contributed by atoms with E-state index in [1.807, 2.05) is 24.5 Å². The summed E-state index contributed by atoms with van der Waals surface area (Å²) in [6.45, 7) is 3.01. The molecule has 0 fully saturated rings. The Morgan fingerprint density at radius 2 is 1.62 bits per heavy atom. The maximum absolute atomic E-state index is 4.00. The molecular weight excluding hydrogens is 196 g/mol. The number of anilines is 1. The number of aromatic nitrogens is 1. The van der Waals surface area contributed by atoms with Gasteiger partial charge in [0.1, 0.15) is 0 Å². The smallest absolute Gasteiger partial charge is 0.0401 e. The lowest BCUT2D eigenvalue weighted by Gasteiger charge is -2.06. The molecule has 0 aliphatic rings. The van der Waals surface area contributed by atoms with E-state index in [-0.39, 0.29) is 0 Å². The van der Waals surface area contributed by atoms with Gasteiger partial charge in [-0.05, 0) is 41.8 Å². The lowest BCUT2D eigenvalue weighted by molar-refractivity contribution is 1.11. The largest absolute Gasteiger partial charge is 0.381 e. The molecule has 2 aromatic rings. The van der Waals surface area contributed by atoms with Crippen molar-refractivity contribution >= 4 is 5.69 Å². The van der Waals surface area contributed by atoms with Gasteiger partial charge in [-0.25, -0.2) is 0 Å². The van der Waals surface area contributed by atoms with E-state index in [0.717, 1.165) is 18.7 Å². The van der Waals surface area contributed by atoms with Crippen LogP contribution in [0.15, 0.2) is 48.8 Å². The minimum atomic E-state index is 0.841. The summed E-state index contributed by atoms with van der Waals surface area (Å²) >= 11 is 0. The average Bonchev–Trinajstić information content (AvgIpc) is 2.38. The van der Waals surface area contributed by atoms with Crippen molar-refractivity contribution in [2.24, 2.45) is 0 Å². The second-order valence-corrected chi connectivity index (χ2v) is 3.76. The van der Waals surface area contributed by atoms with Crippen LogP contribution in [-0.4, -0.2) is 4.98 Å². The maximum Gasteiger partial charge on any atom is 0.0401 e. The summed E-state index contributed by atoms with van der Waals surface area (Å²) < 4.78 is 0. The lowest BCUT2D eigenvalue weighted by Crippen LogP contribution is -1.99. The van der Waals surface area contributed by atoms with Crippen LogP contribution in [0.5, 0.6) is 0 Å². The Labute approximate surface area is 96.4 Å². The van der Waals surface area contributed by atoms with Crippen molar-refractivity contribution in [3.8, 4) is 0 Å². The monoisotopic (exact) mass is 212 g/mol. The number of nitrogens with one attached hydrogen (secondary N) is 1. The van der Waals surface area contributed by atoms with Gasteiger partial charge in [-0.2, -0.15) is 0 Å². The predicted molar refractivity (Wildman–Crippen MR) is 67.4 cm³/mol. The lowest BCUT2D eigenvalue weighted by atomic mass is 10.1. The number of hydrogen-bond donors (Lipinski definition) is 1. The second-order valence-electron chi connectivity index (χ2n) is 3.76. The Hall–Kier alpha value is -1.83. The summed E-state index contributed by atoms with van der Waals surface area (Å²) in [5, 5.41) is 3.38. The molecule has 0 radical (unpaired) electrons. The van der Waals surface area contributed by atoms with Gasteiger partial charge in [0.05, 0.1) is 0 Å². The van der Waals surface area contributed by atoms with Gasteiger partial charge in [-0.3, -0.25) is 4.98 Å². The number of rotatable bonds is 4. The van der Waals surface area contributed by atoms with Gasteiger partial charge in [0.25, 0.3) is 0 Å². The molecule has 16 heavy (non-hydrogen) atoms. The van der Waals surface area contributed by atoms with Gasteiger partial charge in [0.2, 0.25) is 0 Å². The Morgan fingerprint density at radius 3 is 2.25 bits per heavy atom. The van der Waals surface area contributed by atoms with E-state index >= 15 is 0 Å². The van der Waals surface area contributed by atoms with Crippen molar-refractivity contribution < 1.29 is 0 Å². The van der Waals surface area contributed by atoms with E-state index in [2.05, 4.69) is 41.5 Å². The van der Waals surface area contributed by atoms with E-state index < -0.39 is 0 Å². The molecule has 0 saturated carbocycles. The third-order valence-corrected chi connectivity index (χ3v) is 2.61. The standard InChI is InChI=1S/C14H16N2/c1-2-12-3-5-14(6-4-12)16-11-13-7-9-15-10-8-13/h3-10,16H,2,11H2,1H3. The first-order chi connectivity index (χ1) is 7.88. The summed E-state index contributed by atoms with van der Waals surface area (Å²) in [6.07, 6.45) is 4.72. The third-order valence-electron chi connectivity index (χ3n) is 2.61. The van der Waals surface area contributed by atoms with Gasteiger partial charge in [-0.1, -0.05) is 19.1 Å². The zero-order chi connectivity index (χ0) is 11.2. The average molecular weight is 212 g/mol. The van der Waals surface area contributed by atoms with Crippen molar-refractivity contribution in [3.63, 3.8) is 0 Å². The van der Waals surface area contributed by atoms with Crippen LogP contribution < -0.4 is 5.32 Å². The molecule has 2 heteroatoms. The minimum Gasteiger partial charge on any atom is -0.381 e. The number of nitrogens with zero attached hydrogens (tertiary/aromatic N) is 1. The zero-order valence-corrected chi connectivity index (χ0v) is 9.48. The van der Waals surface area contributed by atoms with Crippen molar-refractivity contribution in [2.75, 3.05) is 5.32 Å². The van der Waals surface area contributed by atoms with Crippen molar-refractivity contribution in [3.05, 3.63) is 59.9 Å². The summed E-state index contributed by atoms with van der Waals surface area (Å²) in [4.78, 5) is 4.00. The van der Waals surface area contributed by atoms with E-state index in [4.69, 9.17) is 0 Å². The minimum absolute atomic E-state index is 0.841. The Morgan fingerprint density at radius 1 is 0.938 bits per heavy atom. The van der Waals surface area contributed by atoms with E-state index in [1.54, 1.807) is 0 Å². The molecule has 1 aromatic heterocycles. The van der Waals surface area contributed by atoms with Gasteiger partial charge < -0.3 is 5.32 Å². The Bertz CT molecular complexity index is 420. The summed E-state index contributed by atoms with van der Waals surface area (Å²) in [6, 6.07) is 12.6. The van der Waals surface area contributed by atoms with Crippen molar-refractivity contribution in [1.82, 2.24) is 4.98 Å². The highest BCUT2D eigenvalue weighted by Crippen LogP contribution is 2.11. The first kappa shape index (κ1) is 10.7. The molecule has 0 aliphatic carbocycles. The fourth-order valence-electron chi connectivity index (χ4n) is 1.56. The number of hydrogen-bond acceptors (Lipinski definition) is 2. The second kappa shape index (κ2) is 5.31. The fourth-order valence-corrected chi connectivity index (χ4v) is 1.56. The summed E-state index contributed by atoms with van der Waals surface area (Å²) in [7, 11) is 0. The Kier molecular flexibility index (Phi) is 3.54. The van der Waals surface area contributed by atoms with Crippen LogP contribution in [0.3, 0.4) is 0 Å². The van der Waals surface area contributed by atoms with Gasteiger partial charge in [0.15, 0.2) is 0 Å². The van der Waals surface area contributed by atoms with Gasteiger partial charge >= 0.3 is 0 Å². The van der Waals surface area contributed by atoms with E-state index in [0.29, 0.717) is 0 Å².